The van der Waals surface area contributed by atoms with Crippen molar-refractivity contribution in [3.05, 3.63) is 125 Å². The quantitative estimate of drug-likeness (QED) is 0.134. The molecule has 5 rings (SSSR count). The lowest BCUT2D eigenvalue weighted by Crippen LogP contribution is -2.29. The van der Waals surface area contributed by atoms with Crippen molar-refractivity contribution in [1.82, 2.24) is 0 Å². The van der Waals surface area contributed by atoms with Gasteiger partial charge in [-0.15, -0.1) is 0 Å². The van der Waals surface area contributed by atoms with Gasteiger partial charge in [0.15, 0.2) is 0 Å². The largest absolute Gasteiger partial charge is 0.507 e. The van der Waals surface area contributed by atoms with Gasteiger partial charge in [-0.25, -0.2) is 0 Å². The van der Waals surface area contributed by atoms with Gasteiger partial charge in [-0.3, -0.25) is 14.5 Å². The number of aliphatic hydroxyl groups is 1. The second-order valence-corrected chi connectivity index (χ2v) is 10.4. The van der Waals surface area contributed by atoms with Crippen LogP contribution in [0.5, 0.6) is 17.2 Å². The summed E-state index contributed by atoms with van der Waals surface area (Å²) in [6.45, 7) is 6.13. The lowest BCUT2D eigenvalue weighted by Gasteiger charge is -2.26. The number of Topliss-reactive ketones (excluding diaryl/α,β-unsaturated/α-hetero) is 1. The molecule has 0 spiro atoms. The summed E-state index contributed by atoms with van der Waals surface area (Å²) in [5.74, 6) is 0.0965. The van der Waals surface area contributed by atoms with Gasteiger partial charge in [0, 0.05) is 11.3 Å². The van der Waals surface area contributed by atoms with Gasteiger partial charge in [-0.2, -0.15) is 0 Å². The summed E-state index contributed by atoms with van der Waals surface area (Å²) >= 11 is 0. The molecule has 214 valence electrons. The number of ether oxygens (including phenoxy) is 3. The molecule has 1 aliphatic heterocycles. The fourth-order valence-corrected chi connectivity index (χ4v) is 5.03. The van der Waals surface area contributed by atoms with Crippen molar-refractivity contribution in [3.8, 4) is 17.2 Å². The van der Waals surface area contributed by atoms with Crippen LogP contribution in [0.1, 0.15) is 42.1 Å². The number of carbonyl (C=O) groups is 2. The highest BCUT2D eigenvalue weighted by atomic mass is 16.5. The number of hydrogen-bond acceptors (Lipinski definition) is 6. The Bertz CT molecular complexity index is 1630. The Morgan fingerprint density at radius 1 is 0.881 bits per heavy atom. The summed E-state index contributed by atoms with van der Waals surface area (Å²) in [5, 5.41) is 11.6. The normalized spacial score (nSPS) is 16.1. The van der Waals surface area contributed by atoms with Crippen LogP contribution >= 0.6 is 0 Å². The Morgan fingerprint density at radius 3 is 2.29 bits per heavy atom. The maximum Gasteiger partial charge on any atom is 0.300 e. The van der Waals surface area contributed by atoms with E-state index in [2.05, 4.69) is 0 Å². The molecule has 4 aromatic carbocycles. The van der Waals surface area contributed by atoms with Crippen molar-refractivity contribution in [2.45, 2.75) is 39.5 Å². The first-order valence-corrected chi connectivity index (χ1v) is 13.8. The van der Waals surface area contributed by atoms with Gasteiger partial charge < -0.3 is 19.3 Å². The highest BCUT2D eigenvalue weighted by molar-refractivity contribution is 6.51. The minimum atomic E-state index is -0.883. The topological polar surface area (TPSA) is 85.3 Å². The minimum Gasteiger partial charge on any atom is -0.507 e. The van der Waals surface area contributed by atoms with Gasteiger partial charge in [0.05, 0.1) is 24.8 Å². The Morgan fingerprint density at radius 2 is 1.62 bits per heavy atom. The lowest BCUT2D eigenvalue weighted by atomic mass is 9.94. The predicted molar refractivity (Wildman–Crippen MR) is 162 cm³/mol. The summed E-state index contributed by atoms with van der Waals surface area (Å²) in [7, 11) is 1.55. The summed E-state index contributed by atoms with van der Waals surface area (Å²) in [6.07, 6.45) is -0.0135. The third-order valence-corrected chi connectivity index (χ3v) is 7.03. The van der Waals surface area contributed by atoms with Crippen LogP contribution in [0.2, 0.25) is 0 Å². The van der Waals surface area contributed by atoms with Crippen LogP contribution in [-0.4, -0.2) is 30.0 Å². The molecule has 0 aromatic heterocycles. The van der Waals surface area contributed by atoms with E-state index >= 15 is 0 Å². The van der Waals surface area contributed by atoms with Crippen molar-refractivity contribution in [1.29, 1.82) is 0 Å². The van der Waals surface area contributed by atoms with E-state index in [9.17, 15) is 14.7 Å². The molecule has 4 aromatic rings. The zero-order valence-corrected chi connectivity index (χ0v) is 24.0. The zero-order chi connectivity index (χ0) is 29.8. The average molecular weight is 564 g/mol. The van der Waals surface area contributed by atoms with Gasteiger partial charge in [-0.1, -0.05) is 42.5 Å². The standard InChI is InChI=1S/C35H33NO6/c1-22(2)42-28-16-14-27(15-17-28)36-32(25-11-8-12-29(20-25)40-4)31(34(38)35(36)39)33(37)26-13-18-30(23(3)19-26)41-21-24-9-6-5-7-10-24/h5-20,22,32,37H,21H2,1-4H3/b33-31-. The first-order chi connectivity index (χ1) is 20.3. The molecule has 0 radical (unpaired) electrons. The fraction of sp³-hybridized carbons (Fsp3) is 0.200. The van der Waals surface area contributed by atoms with E-state index in [1.807, 2.05) is 51.1 Å². The molecule has 1 heterocycles. The maximum atomic E-state index is 13.6. The van der Waals surface area contributed by atoms with Gasteiger partial charge in [0.2, 0.25) is 0 Å². The average Bonchev–Trinajstić information content (AvgIpc) is 3.26. The van der Waals surface area contributed by atoms with Crippen LogP contribution in [0, 0.1) is 6.92 Å². The summed E-state index contributed by atoms with van der Waals surface area (Å²) < 4.78 is 17.2. The SMILES string of the molecule is COc1cccc(C2/C(=C(/O)c3ccc(OCc4ccccc4)c(C)c3)C(=O)C(=O)N2c2ccc(OC(C)C)cc2)c1. The van der Waals surface area contributed by atoms with Gasteiger partial charge in [-0.05, 0) is 92.1 Å². The molecule has 0 aliphatic carbocycles. The minimum absolute atomic E-state index is 0.00638. The van der Waals surface area contributed by atoms with E-state index in [-0.39, 0.29) is 17.4 Å². The molecule has 7 heteroatoms. The highest BCUT2D eigenvalue weighted by Crippen LogP contribution is 2.43. The smallest absolute Gasteiger partial charge is 0.300 e. The lowest BCUT2D eigenvalue weighted by molar-refractivity contribution is -0.132. The second kappa shape index (κ2) is 12.2. The monoisotopic (exact) mass is 563 g/mol. The number of carbonyl (C=O) groups excluding carboxylic acids is 2. The molecule has 1 N–H and O–H groups in total. The molecule has 1 aliphatic rings. The predicted octanol–water partition coefficient (Wildman–Crippen LogP) is 7.00. The number of aryl methyl sites for hydroxylation is 1. The number of benzene rings is 4. The van der Waals surface area contributed by atoms with Gasteiger partial charge >= 0.3 is 0 Å². The molecule has 1 unspecified atom stereocenters. The second-order valence-electron chi connectivity index (χ2n) is 10.4. The number of anilines is 1. The third-order valence-electron chi connectivity index (χ3n) is 7.03. The zero-order valence-electron chi connectivity index (χ0n) is 24.0. The number of amides is 1. The Balaban J connectivity index is 1.55. The van der Waals surface area contributed by atoms with E-state index in [1.54, 1.807) is 73.8 Å². The Hall–Kier alpha value is -5.04. The molecule has 0 saturated carbocycles. The molecule has 1 atom stereocenters. The van der Waals surface area contributed by atoms with E-state index in [0.29, 0.717) is 40.7 Å². The molecule has 42 heavy (non-hydrogen) atoms. The number of rotatable bonds is 9. The van der Waals surface area contributed by atoms with Crippen molar-refractivity contribution in [2.75, 3.05) is 12.0 Å². The van der Waals surface area contributed by atoms with E-state index in [0.717, 1.165) is 11.1 Å². The molecule has 0 bridgehead atoms. The first kappa shape index (κ1) is 28.5. The van der Waals surface area contributed by atoms with Crippen LogP contribution in [-0.2, 0) is 16.2 Å². The highest BCUT2D eigenvalue weighted by Gasteiger charge is 2.47. The van der Waals surface area contributed by atoms with Crippen molar-refractivity contribution >= 4 is 23.1 Å². The summed E-state index contributed by atoms with van der Waals surface area (Å²) in [4.78, 5) is 28.5. The summed E-state index contributed by atoms with van der Waals surface area (Å²) in [6, 6.07) is 28.3. The Kier molecular flexibility index (Phi) is 8.29. The molecular weight excluding hydrogens is 530 g/mol. The van der Waals surface area contributed by atoms with E-state index in [1.165, 1.54) is 4.90 Å². The van der Waals surface area contributed by atoms with Gasteiger partial charge in [0.1, 0.15) is 29.6 Å². The molecular formula is C35H33NO6. The van der Waals surface area contributed by atoms with E-state index < -0.39 is 17.7 Å². The van der Waals surface area contributed by atoms with Crippen molar-refractivity contribution in [2.24, 2.45) is 0 Å². The first-order valence-electron chi connectivity index (χ1n) is 13.8. The number of methoxy groups -OCH3 is 1. The van der Waals surface area contributed by atoms with Crippen molar-refractivity contribution < 1.29 is 28.9 Å². The van der Waals surface area contributed by atoms with Crippen LogP contribution < -0.4 is 19.1 Å². The third kappa shape index (κ3) is 5.86. The van der Waals surface area contributed by atoms with Gasteiger partial charge in [0.25, 0.3) is 11.7 Å². The van der Waals surface area contributed by atoms with Crippen LogP contribution in [0.4, 0.5) is 5.69 Å². The maximum absolute atomic E-state index is 13.6. The molecule has 1 amide bonds. The Labute approximate surface area is 245 Å². The fourth-order valence-electron chi connectivity index (χ4n) is 5.03. The van der Waals surface area contributed by atoms with Crippen LogP contribution in [0.15, 0.2) is 103 Å². The molecule has 1 saturated heterocycles. The number of ketones is 1. The van der Waals surface area contributed by atoms with Crippen LogP contribution in [0.25, 0.3) is 5.76 Å². The summed E-state index contributed by atoms with van der Waals surface area (Å²) in [5.41, 5.74) is 3.34. The van der Waals surface area contributed by atoms with Crippen LogP contribution in [0.3, 0.4) is 0 Å². The molecule has 1 fully saturated rings. The van der Waals surface area contributed by atoms with Crippen molar-refractivity contribution in [3.63, 3.8) is 0 Å². The van der Waals surface area contributed by atoms with E-state index in [4.69, 9.17) is 14.2 Å². The number of hydrogen-bond donors (Lipinski definition) is 1. The molecule has 7 nitrogen and oxygen atoms in total. The number of nitrogens with zero attached hydrogens (tertiary/aromatic N) is 1. The number of aliphatic hydroxyl groups excluding tert-OH is 1.